The van der Waals surface area contributed by atoms with Crippen LogP contribution in [0.25, 0.3) is 0 Å². The molecule has 1 aromatic heterocycles. The standard InChI is InChI=1S/C11H14N4O/c12-8-9-4-5-11(14-13-9)15(6-7-16)10-2-1-3-10/h4-5,10,16H,1-3,6-7H2. The van der Waals surface area contributed by atoms with Crippen molar-refractivity contribution in [3.05, 3.63) is 17.8 Å². The fourth-order valence-electron chi connectivity index (χ4n) is 1.83. The molecule has 0 spiro atoms. The first-order valence-corrected chi connectivity index (χ1v) is 5.46. The Morgan fingerprint density at radius 1 is 1.44 bits per heavy atom. The second-order valence-electron chi connectivity index (χ2n) is 3.89. The van der Waals surface area contributed by atoms with Gasteiger partial charge in [0.05, 0.1) is 6.61 Å². The lowest BCUT2D eigenvalue weighted by molar-refractivity contribution is 0.282. The quantitative estimate of drug-likeness (QED) is 0.805. The van der Waals surface area contributed by atoms with E-state index in [1.807, 2.05) is 6.07 Å². The first-order valence-electron chi connectivity index (χ1n) is 5.46. The zero-order chi connectivity index (χ0) is 11.4. The molecule has 0 atom stereocenters. The van der Waals surface area contributed by atoms with E-state index in [0.717, 1.165) is 18.7 Å². The fraction of sp³-hybridized carbons (Fsp3) is 0.545. The van der Waals surface area contributed by atoms with E-state index in [1.165, 1.54) is 6.42 Å². The van der Waals surface area contributed by atoms with Crippen LogP contribution in [0.4, 0.5) is 5.82 Å². The van der Waals surface area contributed by atoms with E-state index in [4.69, 9.17) is 10.4 Å². The van der Waals surface area contributed by atoms with Crippen LogP contribution in [0.2, 0.25) is 0 Å². The molecule has 0 saturated heterocycles. The van der Waals surface area contributed by atoms with Crippen LogP contribution >= 0.6 is 0 Å². The van der Waals surface area contributed by atoms with Gasteiger partial charge in [0.1, 0.15) is 6.07 Å². The van der Waals surface area contributed by atoms with Crippen molar-refractivity contribution in [1.29, 1.82) is 5.26 Å². The smallest absolute Gasteiger partial charge is 0.163 e. The van der Waals surface area contributed by atoms with Crippen LogP contribution in [-0.4, -0.2) is 34.5 Å². The Morgan fingerprint density at radius 3 is 2.69 bits per heavy atom. The molecule has 1 heterocycles. The van der Waals surface area contributed by atoms with E-state index in [2.05, 4.69) is 15.1 Å². The molecule has 84 valence electrons. The summed E-state index contributed by atoms with van der Waals surface area (Å²) in [5, 5.41) is 25.5. The van der Waals surface area contributed by atoms with Crippen LogP contribution in [0, 0.1) is 11.3 Å². The van der Waals surface area contributed by atoms with Gasteiger partial charge in [-0.1, -0.05) is 0 Å². The molecule has 1 fully saturated rings. The van der Waals surface area contributed by atoms with Gasteiger partial charge in [0.15, 0.2) is 11.5 Å². The van der Waals surface area contributed by atoms with Gasteiger partial charge in [-0.2, -0.15) is 5.26 Å². The highest BCUT2D eigenvalue weighted by Gasteiger charge is 2.25. The van der Waals surface area contributed by atoms with E-state index in [1.54, 1.807) is 12.1 Å². The third kappa shape index (κ3) is 2.12. The number of hydrogen-bond donors (Lipinski definition) is 1. The molecule has 1 N–H and O–H groups in total. The van der Waals surface area contributed by atoms with Gasteiger partial charge in [-0.05, 0) is 31.4 Å². The summed E-state index contributed by atoms with van der Waals surface area (Å²) in [5.74, 6) is 0.748. The summed E-state index contributed by atoms with van der Waals surface area (Å²) in [4.78, 5) is 2.07. The molecule has 0 unspecified atom stereocenters. The molecule has 0 aliphatic heterocycles. The third-order valence-electron chi connectivity index (χ3n) is 2.92. The third-order valence-corrected chi connectivity index (χ3v) is 2.92. The topological polar surface area (TPSA) is 73.0 Å². The maximum atomic E-state index is 9.03. The van der Waals surface area contributed by atoms with Crippen molar-refractivity contribution in [3.63, 3.8) is 0 Å². The first-order chi connectivity index (χ1) is 7.85. The van der Waals surface area contributed by atoms with E-state index < -0.39 is 0 Å². The molecule has 2 rings (SSSR count). The molecule has 16 heavy (non-hydrogen) atoms. The Labute approximate surface area is 94.3 Å². The number of rotatable bonds is 4. The molecule has 1 aliphatic carbocycles. The van der Waals surface area contributed by atoms with Gasteiger partial charge in [-0.3, -0.25) is 0 Å². The minimum Gasteiger partial charge on any atom is -0.395 e. The minimum absolute atomic E-state index is 0.109. The van der Waals surface area contributed by atoms with Gasteiger partial charge in [-0.15, -0.1) is 10.2 Å². The molecule has 1 aliphatic rings. The summed E-state index contributed by atoms with van der Waals surface area (Å²) in [7, 11) is 0. The zero-order valence-corrected chi connectivity index (χ0v) is 9.00. The van der Waals surface area contributed by atoms with Gasteiger partial charge in [0.2, 0.25) is 0 Å². The summed E-state index contributed by atoms with van der Waals surface area (Å²) in [6, 6.07) is 5.86. The largest absolute Gasteiger partial charge is 0.395 e. The number of aliphatic hydroxyl groups excluding tert-OH is 1. The van der Waals surface area contributed by atoms with E-state index >= 15 is 0 Å². The van der Waals surface area contributed by atoms with Gasteiger partial charge in [0, 0.05) is 12.6 Å². The number of aliphatic hydroxyl groups is 1. The number of aromatic nitrogens is 2. The zero-order valence-electron chi connectivity index (χ0n) is 9.00. The van der Waals surface area contributed by atoms with Crippen LogP contribution in [0.3, 0.4) is 0 Å². The first kappa shape index (κ1) is 10.8. The summed E-state index contributed by atoms with van der Waals surface area (Å²) >= 11 is 0. The Bertz CT molecular complexity index is 380. The lowest BCUT2D eigenvalue weighted by Gasteiger charge is -2.37. The molecule has 0 aromatic carbocycles. The normalized spacial score (nSPS) is 15.2. The summed E-state index contributed by atoms with van der Waals surface area (Å²) in [5.41, 5.74) is 0.321. The summed E-state index contributed by atoms with van der Waals surface area (Å²) < 4.78 is 0. The second-order valence-corrected chi connectivity index (χ2v) is 3.89. The molecule has 0 radical (unpaired) electrons. The molecular weight excluding hydrogens is 204 g/mol. The molecule has 5 heteroatoms. The van der Waals surface area contributed by atoms with Crippen molar-refractivity contribution in [2.45, 2.75) is 25.3 Å². The second kappa shape index (κ2) is 4.90. The number of nitrogens with zero attached hydrogens (tertiary/aromatic N) is 4. The number of anilines is 1. The summed E-state index contributed by atoms with van der Waals surface area (Å²) in [6.45, 7) is 0.684. The Morgan fingerprint density at radius 2 is 2.25 bits per heavy atom. The van der Waals surface area contributed by atoms with Crippen LogP contribution in [0.5, 0.6) is 0 Å². The maximum Gasteiger partial charge on any atom is 0.163 e. The number of nitriles is 1. The SMILES string of the molecule is N#Cc1ccc(N(CCO)C2CCC2)nn1. The molecular formula is C11H14N4O. The highest BCUT2D eigenvalue weighted by molar-refractivity contribution is 5.40. The van der Waals surface area contributed by atoms with Crippen molar-refractivity contribution >= 4 is 5.82 Å². The predicted molar refractivity (Wildman–Crippen MR) is 58.8 cm³/mol. The van der Waals surface area contributed by atoms with Gasteiger partial charge in [0.25, 0.3) is 0 Å². The minimum atomic E-state index is 0.109. The molecule has 5 nitrogen and oxygen atoms in total. The van der Waals surface area contributed by atoms with Gasteiger partial charge in [-0.25, -0.2) is 0 Å². The Kier molecular flexibility index (Phi) is 3.32. The van der Waals surface area contributed by atoms with Crippen LogP contribution in [-0.2, 0) is 0 Å². The monoisotopic (exact) mass is 218 g/mol. The molecule has 0 bridgehead atoms. The van der Waals surface area contributed by atoms with Crippen molar-refractivity contribution in [2.75, 3.05) is 18.1 Å². The van der Waals surface area contributed by atoms with Crippen LogP contribution in [0.1, 0.15) is 25.0 Å². The lowest BCUT2D eigenvalue weighted by Crippen LogP contribution is -2.42. The van der Waals surface area contributed by atoms with Crippen molar-refractivity contribution in [2.24, 2.45) is 0 Å². The molecule has 0 amide bonds. The van der Waals surface area contributed by atoms with Crippen LogP contribution in [0.15, 0.2) is 12.1 Å². The van der Waals surface area contributed by atoms with Gasteiger partial charge < -0.3 is 10.0 Å². The van der Waals surface area contributed by atoms with E-state index in [-0.39, 0.29) is 6.61 Å². The maximum absolute atomic E-state index is 9.03. The van der Waals surface area contributed by atoms with Gasteiger partial charge >= 0.3 is 0 Å². The highest BCUT2D eigenvalue weighted by atomic mass is 16.3. The van der Waals surface area contributed by atoms with Crippen LogP contribution < -0.4 is 4.90 Å². The molecule has 1 saturated carbocycles. The Hall–Kier alpha value is -1.67. The lowest BCUT2D eigenvalue weighted by atomic mass is 9.91. The van der Waals surface area contributed by atoms with E-state index in [0.29, 0.717) is 18.3 Å². The number of hydrogen-bond acceptors (Lipinski definition) is 5. The summed E-state index contributed by atoms with van der Waals surface area (Å²) in [6.07, 6.45) is 3.51. The average molecular weight is 218 g/mol. The highest BCUT2D eigenvalue weighted by Crippen LogP contribution is 2.27. The van der Waals surface area contributed by atoms with Crippen molar-refractivity contribution in [1.82, 2.24) is 10.2 Å². The van der Waals surface area contributed by atoms with Crippen molar-refractivity contribution in [3.8, 4) is 6.07 Å². The fourth-order valence-corrected chi connectivity index (χ4v) is 1.83. The average Bonchev–Trinajstić information content (AvgIpc) is 2.26. The molecule has 1 aromatic rings. The van der Waals surface area contributed by atoms with E-state index in [9.17, 15) is 0 Å². The Balaban J connectivity index is 2.14. The predicted octanol–water partition coefficient (Wildman–Crippen LogP) is 0.699. The van der Waals surface area contributed by atoms with Crippen molar-refractivity contribution < 1.29 is 5.11 Å².